The highest BCUT2D eigenvalue weighted by Crippen LogP contribution is 2.30. The Morgan fingerprint density at radius 3 is 2.58 bits per heavy atom. The van der Waals surface area contributed by atoms with Crippen LogP contribution in [0.25, 0.3) is 0 Å². The monoisotopic (exact) mass is 263 g/mol. The second kappa shape index (κ2) is 6.29. The molecule has 19 heavy (non-hydrogen) atoms. The first-order valence-corrected chi connectivity index (χ1v) is 7.15. The van der Waals surface area contributed by atoms with Crippen molar-refractivity contribution in [2.45, 2.75) is 45.8 Å². The van der Waals surface area contributed by atoms with E-state index < -0.39 is 0 Å². The molecule has 1 aromatic carbocycles. The molecule has 0 spiro atoms. The molecule has 0 saturated heterocycles. The largest absolute Gasteiger partial charge is 0.493 e. The maximum atomic E-state index is 6.14. The second-order valence-corrected chi connectivity index (χ2v) is 5.74. The van der Waals surface area contributed by atoms with Gasteiger partial charge in [-0.05, 0) is 43.4 Å². The molecule has 0 heterocycles. The average Bonchev–Trinajstić information content (AvgIpc) is 3.19. The van der Waals surface area contributed by atoms with Gasteiger partial charge in [0.15, 0.2) is 11.5 Å². The van der Waals surface area contributed by atoms with Crippen molar-refractivity contribution in [3.05, 3.63) is 23.8 Å². The standard InChI is InChI=1S/C16H25NO2/c1-11(2)16(10-17-13-6-7-13)19-14-8-5-12(3)9-15(14)18-4/h5,8-9,11,13,16-17H,6-7,10H2,1-4H3. The number of nitrogens with one attached hydrogen (secondary N) is 1. The molecular formula is C16H25NO2. The maximum absolute atomic E-state index is 6.14. The molecule has 1 unspecified atom stereocenters. The van der Waals surface area contributed by atoms with E-state index in [1.165, 1.54) is 18.4 Å². The van der Waals surface area contributed by atoms with Gasteiger partial charge in [-0.15, -0.1) is 0 Å². The Bertz CT molecular complexity index is 413. The first-order valence-electron chi connectivity index (χ1n) is 7.15. The third kappa shape index (κ3) is 4.13. The van der Waals surface area contributed by atoms with Crippen LogP contribution in [0, 0.1) is 12.8 Å². The molecule has 0 radical (unpaired) electrons. The number of hydrogen-bond donors (Lipinski definition) is 1. The van der Waals surface area contributed by atoms with Crippen LogP contribution in [0.2, 0.25) is 0 Å². The fourth-order valence-electron chi connectivity index (χ4n) is 2.02. The SMILES string of the molecule is COc1cc(C)ccc1OC(CNC1CC1)C(C)C. The molecular weight excluding hydrogens is 238 g/mol. The number of rotatable bonds is 7. The Morgan fingerprint density at radius 1 is 1.26 bits per heavy atom. The Kier molecular flexibility index (Phi) is 4.70. The van der Waals surface area contributed by atoms with Gasteiger partial charge < -0.3 is 14.8 Å². The minimum absolute atomic E-state index is 0.178. The van der Waals surface area contributed by atoms with E-state index in [1.807, 2.05) is 12.1 Å². The van der Waals surface area contributed by atoms with Gasteiger partial charge in [0.25, 0.3) is 0 Å². The number of aryl methyl sites for hydroxylation is 1. The van der Waals surface area contributed by atoms with Crippen LogP contribution in [0.5, 0.6) is 11.5 Å². The highest BCUT2D eigenvalue weighted by atomic mass is 16.5. The van der Waals surface area contributed by atoms with Crippen molar-refractivity contribution in [2.24, 2.45) is 5.92 Å². The third-order valence-electron chi connectivity index (χ3n) is 3.53. The summed E-state index contributed by atoms with van der Waals surface area (Å²) in [5.74, 6) is 2.12. The van der Waals surface area contributed by atoms with Gasteiger partial charge in [0, 0.05) is 12.6 Å². The predicted molar refractivity (Wildman–Crippen MR) is 78.0 cm³/mol. The van der Waals surface area contributed by atoms with Crippen molar-refractivity contribution in [1.82, 2.24) is 5.32 Å². The van der Waals surface area contributed by atoms with Gasteiger partial charge in [-0.2, -0.15) is 0 Å². The minimum atomic E-state index is 0.178. The topological polar surface area (TPSA) is 30.5 Å². The summed E-state index contributed by atoms with van der Waals surface area (Å²) in [5.41, 5.74) is 1.18. The predicted octanol–water partition coefficient (Wildman–Crippen LogP) is 3.16. The smallest absolute Gasteiger partial charge is 0.161 e. The Labute approximate surface area is 116 Å². The summed E-state index contributed by atoms with van der Waals surface area (Å²) in [5, 5.41) is 3.54. The van der Waals surface area contributed by atoms with Gasteiger partial charge in [-0.3, -0.25) is 0 Å². The zero-order valence-corrected chi connectivity index (χ0v) is 12.4. The summed E-state index contributed by atoms with van der Waals surface area (Å²) >= 11 is 0. The molecule has 1 atom stereocenters. The summed E-state index contributed by atoms with van der Waals surface area (Å²) in [6, 6.07) is 6.79. The van der Waals surface area contributed by atoms with E-state index in [1.54, 1.807) is 7.11 Å². The zero-order valence-electron chi connectivity index (χ0n) is 12.4. The van der Waals surface area contributed by atoms with Crippen LogP contribution in [0.1, 0.15) is 32.3 Å². The molecule has 0 aliphatic heterocycles. The zero-order chi connectivity index (χ0) is 13.8. The normalized spacial score (nSPS) is 16.5. The van der Waals surface area contributed by atoms with Crippen LogP contribution in [0.4, 0.5) is 0 Å². The van der Waals surface area contributed by atoms with Crippen molar-refractivity contribution in [2.75, 3.05) is 13.7 Å². The number of ether oxygens (including phenoxy) is 2. The maximum Gasteiger partial charge on any atom is 0.161 e. The number of hydrogen-bond acceptors (Lipinski definition) is 3. The van der Waals surface area contributed by atoms with Crippen LogP contribution in [-0.4, -0.2) is 25.8 Å². The van der Waals surface area contributed by atoms with E-state index >= 15 is 0 Å². The Morgan fingerprint density at radius 2 is 2.00 bits per heavy atom. The van der Waals surface area contributed by atoms with E-state index in [9.17, 15) is 0 Å². The lowest BCUT2D eigenvalue weighted by Crippen LogP contribution is -2.36. The molecule has 0 bridgehead atoms. The van der Waals surface area contributed by atoms with Crippen molar-refractivity contribution < 1.29 is 9.47 Å². The van der Waals surface area contributed by atoms with E-state index in [2.05, 4.69) is 32.2 Å². The molecule has 106 valence electrons. The van der Waals surface area contributed by atoms with Crippen LogP contribution >= 0.6 is 0 Å². The highest BCUT2D eigenvalue weighted by Gasteiger charge is 2.24. The van der Waals surface area contributed by atoms with Crippen LogP contribution < -0.4 is 14.8 Å². The van der Waals surface area contributed by atoms with Crippen molar-refractivity contribution in [1.29, 1.82) is 0 Å². The number of benzene rings is 1. The van der Waals surface area contributed by atoms with E-state index in [4.69, 9.17) is 9.47 Å². The van der Waals surface area contributed by atoms with Crippen LogP contribution in [0.15, 0.2) is 18.2 Å². The van der Waals surface area contributed by atoms with Crippen LogP contribution in [-0.2, 0) is 0 Å². The minimum Gasteiger partial charge on any atom is -0.493 e. The molecule has 0 aromatic heterocycles. The lowest BCUT2D eigenvalue weighted by Gasteiger charge is -2.24. The molecule has 0 amide bonds. The van der Waals surface area contributed by atoms with Gasteiger partial charge in [0.05, 0.1) is 7.11 Å². The second-order valence-electron chi connectivity index (χ2n) is 5.74. The summed E-state index contributed by atoms with van der Waals surface area (Å²) in [6.45, 7) is 7.35. The first kappa shape index (κ1) is 14.2. The van der Waals surface area contributed by atoms with Gasteiger partial charge >= 0.3 is 0 Å². The fourth-order valence-corrected chi connectivity index (χ4v) is 2.02. The fraction of sp³-hybridized carbons (Fsp3) is 0.625. The summed E-state index contributed by atoms with van der Waals surface area (Å²) < 4.78 is 11.5. The molecule has 1 aliphatic rings. The van der Waals surface area contributed by atoms with Gasteiger partial charge in [-0.25, -0.2) is 0 Å². The molecule has 1 fully saturated rings. The molecule has 3 heteroatoms. The molecule has 1 N–H and O–H groups in total. The summed E-state index contributed by atoms with van der Waals surface area (Å²) in [6.07, 6.45) is 2.79. The molecule has 2 rings (SSSR count). The average molecular weight is 263 g/mol. The highest BCUT2D eigenvalue weighted by molar-refractivity contribution is 5.42. The van der Waals surface area contributed by atoms with Crippen molar-refractivity contribution in [3.8, 4) is 11.5 Å². The van der Waals surface area contributed by atoms with Gasteiger partial charge in [-0.1, -0.05) is 19.9 Å². The summed E-state index contributed by atoms with van der Waals surface area (Å²) in [7, 11) is 1.69. The lowest BCUT2D eigenvalue weighted by molar-refractivity contribution is 0.143. The quantitative estimate of drug-likeness (QED) is 0.819. The van der Waals surface area contributed by atoms with Crippen LogP contribution in [0.3, 0.4) is 0 Å². The third-order valence-corrected chi connectivity index (χ3v) is 3.53. The molecule has 3 nitrogen and oxygen atoms in total. The summed E-state index contributed by atoms with van der Waals surface area (Å²) in [4.78, 5) is 0. The molecule has 1 aromatic rings. The lowest BCUT2D eigenvalue weighted by atomic mass is 10.1. The Hall–Kier alpha value is -1.22. The van der Waals surface area contributed by atoms with E-state index in [0.29, 0.717) is 12.0 Å². The van der Waals surface area contributed by atoms with Gasteiger partial charge in [0.2, 0.25) is 0 Å². The Balaban J connectivity index is 2.02. The van der Waals surface area contributed by atoms with E-state index in [-0.39, 0.29) is 6.10 Å². The van der Waals surface area contributed by atoms with Crippen molar-refractivity contribution in [3.63, 3.8) is 0 Å². The molecule has 1 saturated carbocycles. The van der Waals surface area contributed by atoms with Gasteiger partial charge in [0.1, 0.15) is 6.10 Å². The molecule has 1 aliphatic carbocycles. The first-order chi connectivity index (χ1) is 9.10. The van der Waals surface area contributed by atoms with Crippen molar-refractivity contribution >= 4 is 0 Å². The number of methoxy groups -OCH3 is 1. The van der Waals surface area contributed by atoms with E-state index in [0.717, 1.165) is 18.0 Å².